The molecule has 0 spiro atoms. The third-order valence-electron chi connectivity index (χ3n) is 3.58. The van der Waals surface area contributed by atoms with Gasteiger partial charge in [-0.1, -0.05) is 17.3 Å². The summed E-state index contributed by atoms with van der Waals surface area (Å²) in [5, 5.41) is 5.88. The van der Waals surface area contributed by atoms with E-state index in [9.17, 15) is 4.79 Å². The molecule has 0 radical (unpaired) electrons. The molecule has 0 aromatic carbocycles. The summed E-state index contributed by atoms with van der Waals surface area (Å²) in [6.07, 6.45) is 1.67. The Morgan fingerprint density at radius 1 is 1.33 bits per heavy atom. The molecule has 0 bridgehead atoms. The van der Waals surface area contributed by atoms with Crippen LogP contribution in [-0.2, 0) is 11.3 Å². The largest absolute Gasteiger partial charge is 0.454 e. The van der Waals surface area contributed by atoms with Crippen molar-refractivity contribution in [3.63, 3.8) is 0 Å². The highest BCUT2D eigenvalue weighted by atomic mass is 32.1. The van der Waals surface area contributed by atoms with Crippen LogP contribution in [0.4, 0.5) is 0 Å². The van der Waals surface area contributed by atoms with Gasteiger partial charge < -0.3 is 13.7 Å². The van der Waals surface area contributed by atoms with Crippen LogP contribution in [0.15, 0.2) is 52.5 Å². The van der Waals surface area contributed by atoms with Gasteiger partial charge in [-0.3, -0.25) is 0 Å². The van der Waals surface area contributed by atoms with Crippen molar-refractivity contribution >= 4 is 23.0 Å². The molecule has 24 heavy (non-hydrogen) atoms. The maximum atomic E-state index is 12.2. The van der Waals surface area contributed by atoms with Crippen molar-refractivity contribution in [2.24, 2.45) is 0 Å². The van der Waals surface area contributed by atoms with Crippen LogP contribution in [0.1, 0.15) is 21.9 Å². The summed E-state index contributed by atoms with van der Waals surface area (Å²) in [6.45, 7) is 1.99. The molecule has 0 saturated heterocycles. The van der Waals surface area contributed by atoms with Gasteiger partial charge >= 0.3 is 5.97 Å². The number of nitrogens with zero attached hydrogens (tertiary/aromatic N) is 3. The summed E-state index contributed by atoms with van der Waals surface area (Å²) in [4.78, 5) is 17.4. The highest BCUT2D eigenvalue weighted by Gasteiger charge is 2.15. The molecule has 6 nitrogen and oxygen atoms in total. The normalized spacial score (nSPS) is 11.0. The topological polar surface area (TPSA) is 69.6 Å². The SMILES string of the molecule is Cc1cccc2nc(C(=O)OCc3cc(-c4cccs4)on3)cn12. The predicted octanol–water partition coefficient (Wildman–Crippen LogP) is 3.72. The van der Waals surface area contributed by atoms with Gasteiger partial charge in [0.2, 0.25) is 0 Å². The average Bonchev–Trinajstić information content (AvgIpc) is 3.31. The Bertz CT molecular complexity index is 1000. The molecule has 0 N–H and O–H groups in total. The van der Waals surface area contributed by atoms with E-state index in [1.807, 2.05) is 47.0 Å². The lowest BCUT2D eigenvalue weighted by Gasteiger charge is -1.98. The van der Waals surface area contributed by atoms with E-state index in [2.05, 4.69) is 10.1 Å². The number of carbonyl (C=O) groups is 1. The molecule has 4 aromatic heterocycles. The maximum Gasteiger partial charge on any atom is 0.358 e. The van der Waals surface area contributed by atoms with E-state index in [0.29, 0.717) is 17.1 Å². The monoisotopic (exact) mass is 339 g/mol. The van der Waals surface area contributed by atoms with Crippen LogP contribution in [0.5, 0.6) is 0 Å². The summed E-state index contributed by atoms with van der Waals surface area (Å²) in [5.41, 5.74) is 2.54. The Hall–Kier alpha value is -2.93. The lowest BCUT2D eigenvalue weighted by Crippen LogP contribution is -2.05. The number of fused-ring (bicyclic) bond motifs is 1. The van der Waals surface area contributed by atoms with Gasteiger partial charge in [0, 0.05) is 18.0 Å². The van der Waals surface area contributed by atoms with Crippen molar-refractivity contribution in [3.8, 4) is 10.6 Å². The second kappa shape index (κ2) is 5.93. The molecule has 7 heteroatoms. The molecular formula is C17H13N3O3S. The Labute approximate surface area is 141 Å². The zero-order chi connectivity index (χ0) is 16.5. The molecule has 4 heterocycles. The quantitative estimate of drug-likeness (QED) is 0.530. The van der Waals surface area contributed by atoms with Gasteiger partial charge in [-0.05, 0) is 30.5 Å². The Balaban J connectivity index is 1.47. The third-order valence-corrected chi connectivity index (χ3v) is 4.46. The van der Waals surface area contributed by atoms with Gasteiger partial charge in [0.05, 0.1) is 4.88 Å². The molecule has 0 aliphatic carbocycles. The molecule has 0 atom stereocenters. The first-order chi connectivity index (χ1) is 11.7. The van der Waals surface area contributed by atoms with Gasteiger partial charge in [-0.15, -0.1) is 11.3 Å². The van der Waals surface area contributed by atoms with E-state index in [1.54, 1.807) is 23.6 Å². The second-order valence-corrected chi connectivity index (χ2v) is 6.21. The van der Waals surface area contributed by atoms with Gasteiger partial charge in [0.15, 0.2) is 11.5 Å². The maximum absolute atomic E-state index is 12.2. The molecule has 0 unspecified atom stereocenters. The van der Waals surface area contributed by atoms with Crippen LogP contribution in [0.2, 0.25) is 0 Å². The zero-order valence-corrected chi connectivity index (χ0v) is 13.6. The first-order valence-corrected chi connectivity index (χ1v) is 8.20. The number of ether oxygens (including phenoxy) is 1. The summed E-state index contributed by atoms with van der Waals surface area (Å²) < 4.78 is 12.4. The third kappa shape index (κ3) is 2.69. The van der Waals surface area contributed by atoms with E-state index in [4.69, 9.17) is 9.26 Å². The minimum Gasteiger partial charge on any atom is -0.454 e. The summed E-state index contributed by atoms with van der Waals surface area (Å²) in [7, 11) is 0. The summed E-state index contributed by atoms with van der Waals surface area (Å²) in [5.74, 6) is 0.179. The molecule has 4 rings (SSSR count). The number of hydrogen-bond acceptors (Lipinski definition) is 6. The highest BCUT2D eigenvalue weighted by Crippen LogP contribution is 2.25. The van der Waals surface area contributed by atoms with Gasteiger partial charge in [-0.25, -0.2) is 9.78 Å². The minimum atomic E-state index is -0.487. The fourth-order valence-corrected chi connectivity index (χ4v) is 3.05. The fourth-order valence-electron chi connectivity index (χ4n) is 2.37. The van der Waals surface area contributed by atoms with Crippen molar-refractivity contribution < 1.29 is 14.1 Å². The van der Waals surface area contributed by atoms with Crippen LogP contribution < -0.4 is 0 Å². The minimum absolute atomic E-state index is 0.0422. The number of esters is 1. The predicted molar refractivity (Wildman–Crippen MR) is 88.9 cm³/mol. The molecule has 4 aromatic rings. The van der Waals surface area contributed by atoms with Crippen LogP contribution >= 0.6 is 11.3 Å². The molecule has 0 fully saturated rings. The van der Waals surface area contributed by atoms with Crippen LogP contribution in [0, 0.1) is 6.92 Å². The standard InChI is InChI=1S/C17H13N3O3S/c1-11-4-2-6-16-18-13(9-20(11)16)17(21)22-10-12-8-14(23-19-12)15-5-3-7-24-15/h2-9H,10H2,1H3. The molecule has 0 aliphatic heterocycles. The van der Waals surface area contributed by atoms with E-state index >= 15 is 0 Å². The molecule has 0 aliphatic rings. The van der Waals surface area contributed by atoms with Crippen molar-refractivity contribution in [1.29, 1.82) is 0 Å². The average molecular weight is 339 g/mol. The van der Waals surface area contributed by atoms with Crippen molar-refractivity contribution in [3.05, 3.63) is 65.1 Å². The highest BCUT2D eigenvalue weighted by molar-refractivity contribution is 7.13. The van der Waals surface area contributed by atoms with Crippen molar-refractivity contribution in [2.45, 2.75) is 13.5 Å². The van der Waals surface area contributed by atoms with Crippen LogP contribution in [-0.4, -0.2) is 20.5 Å². The fraction of sp³-hybridized carbons (Fsp3) is 0.118. The lowest BCUT2D eigenvalue weighted by atomic mass is 10.3. The number of aromatic nitrogens is 3. The van der Waals surface area contributed by atoms with Crippen LogP contribution in [0.25, 0.3) is 16.3 Å². The van der Waals surface area contributed by atoms with Crippen LogP contribution in [0.3, 0.4) is 0 Å². The Kier molecular flexibility index (Phi) is 3.62. The number of pyridine rings is 1. The van der Waals surface area contributed by atoms with E-state index < -0.39 is 5.97 Å². The number of rotatable bonds is 4. The van der Waals surface area contributed by atoms with Gasteiger partial charge in [0.1, 0.15) is 17.9 Å². The Morgan fingerprint density at radius 3 is 3.04 bits per heavy atom. The summed E-state index contributed by atoms with van der Waals surface area (Å²) >= 11 is 1.56. The number of hydrogen-bond donors (Lipinski definition) is 0. The molecule has 0 saturated carbocycles. The number of carbonyl (C=O) groups excluding carboxylic acids is 1. The van der Waals surface area contributed by atoms with E-state index in [-0.39, 0.29) is 12.3 Å². The first kappa shape index (κ1) is 14.6. The van der Waals surface area contributed by atoms with Crippen molar-refractivity contribution in [2.75, 3.05) is 0 Å². The van der Waals surface area contributed by atoms with E-state index in [1.165, 1.54) is 0 Å². The number of aryl methyl sites for hydroxylation is 1. The Morgan fingerprint density at radius 2 is 2.25 bits per heavy atom. The number of imidazole rings is 1. The second-order valence-electron chi connectivity index (χ2n) is 5.26. The molecule has 0 amide bonds. The van der Waals surface area contributed by atoms with E-state index in [0.717, 1.165) is 10.6 Å². The molecular weight excluding hydrogens is 326 g/mol. The lowest BCUT2D eigenvalue weighted by molar-refractivity contribution is 0.0458. The smallest absolute Gasteiger partial charge is 0.358 e. The molecule has 120 valence electrons. The zero-order valence-electron chi connectivity index (χ0n) is 12.8. The van der Waals surface area contributed by atoms with Gasteiger partial charge in [-0.2, -0.15) is 0 Å². The van der Waals surface area contributed by atoms with Crippen molar-refractivity contribution in [1.82, 2.24) is 14.5 Å². The first-order valence-electron chi connectivity index (χ1n) is 7.32. The number of thiophene rings is 1. The summed E-state index contributed by atoms with van der Waals surface area (Å²) in [6, 6.07) is 11.3. The van der Waals surface area contributed by atoms with Gasteiger partial charge in [0.25, 0.3) is 0 Å².